The second-order valence-electron chi connectivity index (χ2n) is 8.59. The third kappa shape index (κ3) is 4.79. The second kappa shape index (κ2) is 9.50. The molecule has 0 spiro atoms. The molecule has 0 saturated carbocycles. The Balaban J connectivity index is 1.29. The number of nitrogens with one attached hydrogen (secondary N) is 2. The highest BCUT2D eigenvalue weighted by molar-refractivity contribution is 5.72. The van der Waals surface area contributed by atoms with Gasteiger partial charge in [0.15, 0.2) is 5.58 Å². The highest BCUT2D eigenvalue weighted by atomic mass is 19.1. The van der Waals surface area contributed by atoms with Gasteiger partial charge in [0.05, 0.1) is 30.4 Å². The fourth-order valence-electron chi connectivity index (χ4n) is 4.55. The van der Waals surface area contributed by atoms with Gasteiger partial charge in [-0.05, 0) is 53.1 Å². The number of H-pyrrole nitrogens is 1. The zero-order chi connectivity index (χ0) is 23.7. The Bertz CT molecular complexity index is 1270. The van der Waals surface area contributed by atoms with E-state index in [1.54, 1.807) is 36.4 Å². The summed E-state index contributed by atoms with van der Waals surface area (Å²) in [6.45, 7) is 0.728. The van der Waals surface area contributed by atoms with E-state index >= 15 is 0 Å². The maximum Gasteiger partial charge on any atom is 0.417 e. The molecule has 0 bridgehead atoms. The molecular weight excluding hydrogens is 442 g/mol. The van der Waals surface area contributed by atoms with E-state index in [1.165, 1.54) is 24.3 Å². The number of hydrogen-bond acceptors (Lipinski definition) is 5. The first-order valence-electron chi connectivity index (χ1n) is 11.1. The van der Waals surface area contributed by atoms with Crippen molar-refractivity contribution in [2.24, 2.45) is 0 Å². The normalized spacial score (nSPS) is 20.8. The number of aliphatic hydroxyl groups excluding tert-OH is 1. The molecule has 0 unspecified atom stereocenters. The van der Waals surface area contributed by atoms with Crippen LogP contribution < -0.4 is 11.1 Å². The zero-order valence-corrected chi connectivity index (χ0v) is 18.2. The highest BCUT2D eigenvalue weighted by Crippen LogP contribution is 2.35. The van der Waals surface area contributed by atoms with Gasteiger partial charge in [-0.3, -0.25) is 4.98 Å². The molecule has 34 heavy (non-hydrogen) atoms. The summed E-state index contributed by atoms with van der Waals surface area (Å²) in [5, 5.41) is 14.2. The molecule has 3 atom stereocenters. The molecule has 1 fully saturated rings. The number of ether oxygens (including phenoxy) is 1. The van der Waals surface area contributed by atoms with Gasteiger partial charge in [-0.25, -0.2) is 13.6 Å². The molecule has 0 radical (unpaired) electrons. The molecule has 6 nitrogen and oxygen atoms in total. The first-order chi connectivity index (χ1) is 16.5. The van der Waals surface area contributed by atoms with Crippen LogP contribution in [0, 0.1) is 11.6 Å². The van der Waals surface area contributed by atoms with Crippen molar-refractivity contribution in [1.29, 1.82) is 0 Å². The summed E-state index contributed by atoms with van der Waals surface area (Å²) in [6.07, 6.45) is -0.700. The highest BCUT2D eigenvalue weighted by Gasteiger charge is 2.35. The molecule has 1 aliphatic rings. The summed E-state index contributed by atoms with van der Waals surface area (Å²) < 4.78 is 38.3. The standard InChI is InChI=1S/C26H24F2N2O4/c27-18-6-2-16(3-7-18)25(17-4-8-19(28)9-5-17)24-12-22(31)21(14-33-24)29-13-15-1-10-20-23(11-15)34-26(32)30-20/h1-11,21-22,24-25,29,31H,12-14H2,(H,30,32)/t21-,22-,24+/m1/s1. The van der Waals surface area contributed by atoms with Crippen LogP contribution >= 0.6 is 0 Å². The van der Waals surface area contributed by atoms with Crippen molar-refractivity contribution in [2.45, 2.75) is 37.1 Å². The van der Waals surface area contributed by atoms with Crippen LogP contribution in [-0.4, -0.2) is 34.9 Å². The Labute approximate surface area is 194 Å². The SMILES string of the molecule is O=c1[nH]c2ccc(CN[C@@H]3CO[C@H](C(c4ccc(F)cc4)c4ccc(F)cc4)C[C@H]3O)cc2o1. The second-order valence-corrected chi connectivity index (χ2v) is 8.59. The summed E-state index contributed by atoms with van der Waals surface area (Å²) in [7, 11) is 0. The van der Waals surface area contributed by atoms with Crippen LogP contribution in [0.25, 0.3) is 11.1 Å². The van der Waals surface area contributed by atoms with Crippen LogP contribution in [0.15, 0.2) is 75.9 Å². The van der Waals surface area contributed by atoms with Gasteiger partial charge in [0.1, 0.15) is 11.6 Å². The van der Waals surface area contributed by atoms with Gasteiger partial charge in [-0.2, -0.15) is 0 Å². The fourth-order valence-corrected chi connectivity index (χ4v) is 4.55. The van der Waals surface area contributed by atoms with Gasteiger partial charge in [-0.1, -0.05) is 30.3 Å². The third-order valence-corrected chi connectivity index (χ3v) is 6.31. The summed E-state index contributed by atoms with van der Waals surface area (Å²) in [4.78, 5) is 14.0. The molecule has 1 aromatic heterocycles. The average Bonchev–Trinajstić information content (AvgIpc) is 3.20. The van der Waals surface area contributed by atoms with Gasteiger partial charge in [0.2, 0.25) is 0 Å². The Morgan fingerprint density at radius 2 is 1.65 bits per heavy atom. The molecule has 8 heteroatoms. The lowest BCUT2D eigenvalue weighted by atomic mass is 9.82. The molecule has 3 aromatic carbocycles. The van der Waals surface area contributed by atoms with Crippen LogP contribution in [0.2, 0.25) is 0 Å². The van der Waals surface area contributed by atoms with Crippen LogP contribution in [0.4, 0.5) is 8.78 Å². The van der Waals surface area contributed by atoms with E-state index < -0.39 is 11.9 Å². The van der Waals surface area contributed by atoms with Crippen molar-refractivity contribution < 1.29 is 23.0 Å². The Morgan fingerprint density at radius 3 is 2.26 bits per heavy atom. The number of oxazole rings is 1. The van der Waals surface area contributed by atoms with Crippen LogP contribution in [0.5, 0.6) is 0 Å². The minimum absolute atomic E-state index is 0.270. The van der Waals surface area contributed by atoms with E-state index in [-0.39, 0.29) is 36.3 Å². The number of fused-ring (bicyclic) bond motifs is 1. The number of benzene rings is 3. The molecule has 5 rings (SSSR count). The first-order valence-corrected chi connectivity index (χ1v) is 11.1. The lowest BCUT2D eigenvalue weighted by molar-refractivity contribution is -0.0718. The minimum Gasteiger partial charge on any atom is -0.408 e. The van der Waals surface area contributed by atoms with Crippen molar-refractivity contribution >= 4 is 11.1 Å². The maximum absolute atomic E-state index is 13.5. The fraction of sp³-hybridized carbons (Fsp3) is 0.269. The number of aromatic nitrogens is 1. The molecule has 4 aromatic rings. The smallest absolute Gasteiger partial charge is 0.408 e. The summed E-state index contributed by atoms with van der Waals surface area (Å²) in [5.74, 6) is -1.46. The Morgan fingerprint density at radius 1 is 1.00 bits per heavy atom. The maximum atomic E-state index is 13.5. The molecule has 2 heterocycles. The summed E-state index contributed by atoms with van der Waals surface area (Å²) in [5.41, 5.74) is 3.67. The van der Waals surface area contributed by atoms with Crippen molar-refractivity contribution in [2.75, 3.05) is 6.61 Å². The summed E-state index contributed by atoms with van der Waals surface area (Å²) >= 11 is 0. The van der Waals surface area contributed by atoms with E-state index in [4.69, 9.17) is 9.15 Å². The van der Waals surface area contributed by atoms with Gasteiger partial charge in [0.25, 0.3) is 0 Å². The molecule has 0 amide bonds. The van der Waals surface area contributed by atoms with Gasteiger partial charge in [-0.15, -0.1) is 0 Å². The van der Waals surface area contributed by atoms with Crippen molar-refractivity contribution in [3.63, 3.8) is 0 Å². The Kier molecular flexibility index (Phi) is 6.28. The van der Waals surface area contributed by atoms with Crippen molar-refractivity contribution in [3.8, 4) is 0 Å². The number of hydrogen-bond donors (Lipinski definition) is 3. The first kappa shape index (κ1) is 22.5. The topological polar surface area (TPSA) is 87.5 Å². The number of aliphatic hydroxyl groups is 1. The van der Waals surface area contributed by atoms with E-state index in [2.05, 4.69) is 10.3 Å². The van der Waals surface area contributed by atoms with Crippen LogP contribution in [0.1, 0.15) is 29.0 Å². The van der Waals surface area contributed by atoms with Crippen LogP contribution in [-0.2, 0) is 11.3 Å². The molecule has 176 valence electrons. The molecular formula is C26H24F2N2O4. The van der Waals surface area contributed by atoms with E-state index in [0.717, 1.165) is 16.7 Å². The van der Waals surface area contributed by atoms with Gasteiger partial charge < -0.3 is 19.6 Å². The molecule has 3 N–H and O–H groups in total. The van der Waals surface area contributed by atoms with E-state index in [0.29, 0.717) is 24.1 Å². The lowest BCUT2D eigenvalue weighted by Crippen LogP contribution is -2.50. The van der Waals surface area contributed by atoms with Crippen molar-refractivity contribution in [1.82, 2.24) is 10.3 Å². The number of halogens is 2. The number of rotatable bonds is 6. The third-order valence-electron chi connectivity index (χ3n) is 6.31. The lowest BCUT2D eigenvalue weighted by Gasteiger charge is -2.38. The van der Waals surface area contributed by atoms with E-state index in [9.17, 15) is 18.7 Å². The molecule has 0 aliphatic carbocycles. The van der Waals surface area contributed by atoms with Crippen LogP contribution in [0.3, 0.4) is 0 Å². The minimum atomic E-state index is -0.684. The largest absolute Gasteiger partial charge is 0.417 e. The van der Waals surface area contributed by atoms with Gasteiger partial charge in [0, 0.05) is 18.9 Å². The van der Waals surface area contributed by atoms with Gasteiger partial charge >= 0.3 is 5.76 Å². The van der Waals surface area contributed by atoms with E-state index in [1.807, 2.05) is 6.07 Å². The number of aromatic amines is 1. The molecule has 1 saturated heterocycles. The molecule has 1 aliphatic heterocycles. The predicted molar refractivity (Wildman–Crippen MR) is 122 cm³/mol. The summed E-state index contributed by atoms with van der Waals surface area (Å²) in [6, 6.07) is 17.5. The Hall–Kier alpha value is -3.33. The zero-order valence-electron chi connectivity index (χ0n) is 18.2. The predicted octanol–water partition coefficient (Wildman–Crippen LogP) is 3.84. The quantitative estimate of drug-likeness (QED) is 0.402. The van der Waals surface area contributed by atoms with Crippen molar-refractivity contribution in [3.05, 3.63) is 106 Å². The average molecular weight is 466 g/mol. The monoisotopic (exact) mass is 466 g/mol.